The van der Waals surface area contributed by atoms with Crippen molar-refractivity contribution < 1.29 is 9.18 Å². The van der Waals surface area contributed by atoms with Gasteiger partial charge in [0.2, 0.25) is 5.91 Å². The molecule has 1 aromatic carbocycles. The van der Waals surface area contributed by atoms with Crippen LogP contribution >= 0.6 is 0 Å². The molecule has 0 atom stereocenters. The number of halogens is 1. The van der Waals surface area contributed by atoms with Gasteiger partial charge in [0.25, 0.3) is 0 Å². The van der Waals surface area contributed by atoms with E-state index in [2.05, 4.69) is 31.1 Å². The number of amides is 1. The van der Waals surface area contributed by atoms with Crippen LogP contribution in [0.2, 0.25) is 0 Å². The first kappa shape index (κ1) is 24.9. The number of aromatic nitrogens is 4. The number of anilines is 2. The smallest absolute Gasteiger partial charge is 0.227 e. The molecule has 204 valence electrons. The molecule has 0 radical (unpaired) electrons. The second-order valence-electron chi connectivity index (χ2n) is 10.3. The Bertz CT molecular complexity index is 1750. The first-order valence-corrected chi connectivity index (χ1v) is 13.7. The zero-order valence-electron chi connectivity index (χ0n) is 22.1. The summed E-state index contributed by atoms with van der Waals surface area (Å²) in [6, 6.07) is 10.4. The summed E-state index contributed by atoms with van der Waals surface area (Å²) in [6.45, 7) is 0.477. The summed E-state index contributed by atoms with van der Waals surface area (Å²) in [6.07, 6.45) is 14.9. The molecule has 3 aliphatic rings. The highest BCUT2D eigenvalue weighted by Gasteiger charge is 2.25. The molecule has 1 saturated carbocycles. The van der Waals surface area contributed by atoms with Crippen LogP contribution in [0.15, 0.2) is 78.4 Å². The predicted molar refractivity (Wildman–Crippen MR) is 155 cm³/mol. The molecule has 0 spiro atoms. The van der Waals surface area contributed by atoms with Crippen LogP contribution in [0.5, 0.6) is 0 Å². The second kappa shape index (κ2) is 10.5. The molecule has 41 heavy (non-hydrogen) atoms. The Morgan fingerprint density at radius 2 is 1.90 bits per heavy atom. The van der Waals surface area contributed by atoms with Crippen LogP contribution in [0.3, 0.4) is 0 Å². The van der Waals surface area contributed by atoms with Crippen molar-refractivity contribution in [3.05, 3.63) is 107 Å². The van der Waals surface area contributed by atoms with Gasteiger partial charge >= 0.3 is 0 Å². The van der Waals surface area contributed by atoms with Crippen LogP contribution < -0.4 is 16.1 Å². The van der Waals surface area contributed by atoms with Crippen molar-refractivity contribution in [1.29, 1.82) is 0 Å². The van der Waals surface area contributed by atoms with E-state index in [-0.39, 0.29) is 17.6 Å². The van der Waals surface area contributed by atoms with Gasteiger partial charge < -0.3 is 21.0 Å². The largest absolute Gasteiger partial charge is 0.345 e. The maximum Gasteiger partial charge on any atom is 0.227 e. The molecule has 1 fully saturated rings. The van der Waals surface area contributed by atoms with Crippen molar-refractivity contribution in [2.45, 2.75) is 32.2 Å². The molecule has 7 rings (SSSR count). The van der Waals surface area contributed by atoms with E-state index in [1.165, 1.54) is 12.1 Å². The van der Waals surface area contributed by atoms with Crippen molar-refractivity contribution in [3.63, 3.8) is 0 Å². The average molecular weight is 547 g/mol. The number of aromatic amines is 1. The van der Waals surface area contributed by atoms with Gasteiger partial charge in [-0.05, 0) is 48.7 Å². The van der Waals surface area contributed by atoms with Crippen molar-refractivity contribution in [2.75, 3.05) is 10.6 Å². The third-order valence-corrected chi connectivity index (χ3v) is 7.64. The topological polar surface area (TPSA) is 120 Å². The number of rotatable bonds is 5. The lowest BCUT2D eigenvalue weighted by molar-refractivity contribution is -0.119. The highest BCUT2D eigenvalue weighted by molar-refractivity contribution is 6.13. The zero-order valence-corrected chi connectivity index (χ0v) is 22.1. The number of imidazole rings is 1. The van der Waals surface area contributed by atoms with Gasteiger partial charge in [-0.2, -0.15) is 5.10 Å². The van der Waals surface area contributed by atoms with Crippen molar-refractivity contribution >= 4 is 28.7 Å². The van der Waals surface area contributed by atoms with E-state index in [1.54, 1.807) is 30.9 Å². The molecule has 4 aromatic rings. The predicted octanol–water partition coefficient (Wildman–Crippen LogP) is 5.36. The Morgan fingerprint density at radius 3 is 2.78 bits per heavy atom. The molecule has 0 bridgehead atoms. The molecule has 4 N–H and O–H groups in total. The summed E-state index contributed by atoms with van der Waals surface area (Å²) in [5, 5.41) is 10.8. The number of H-pyrrole nitrogens is 1. The van der Waals surface area contributed by atoms with Crippen LogP contribution in [0.25, 0.3) is 16.7 Å². The normalized spacial score (nSPS) is 16.0. The number of hydrogen-bond donors (Lipinski definition) is 4. The van der Waals surface area contributed by atoms with Crippen molar-refractivity contribution in [2.24, 2.45) is 11.0 Å². The van der Waals surface area contributed by atoms with Gasteiger partial charge in [0.05, 0.1) is 29.8 Å². The Labute approximate surface area is 235 Å². The minimum atomic E-state index is -0.309. The molecular weight excluding hydrogens is 519 g/mol. The maximum absolute atomic E-state index is 14.1. The monoisotopic (exact) mass is 546 g/mol. The van der Waals surface area contributed by atoms with E-state index in [9.17, 15) is 9.18 Å². The first-order chi connectivity index (χ1) is 20.1. The first-order valence-electron chi connectivity index (χ1n) is 13.7. The van der Waals surface area contributed by atoms with Crippen molar-refractivity contribution in [1.82, 2.24) is 25.4 Å². The fraction of sp³-hybridized carbons (Fsp3) is 0.194. The van der Waals surface area contributed by atoms with E-state index in [1.807, 2.05) is 30.4 Å². The Balaban J connectivity index is 1.21. The quantitative estimate of drug-likeness (QED) is 0.268. The lowest BCUT2D eigenvalue weighted by Crippen LogP contribution is -2.23. The Hall–Kier alpha value is -5.12. The number of carbonyl (C=O) groups excluding carboxylic acids is 1. The lowest BCUT2D eigenvalue weighted by atomic mass is 10.0. The molecule has 1 aliphatic carbocycles. The van der Waals surface area contributed by atoms with Crippen LogP contribution in [0.1, 0.15) is 54.0 Å². The van der Waals surface area contributed by atoms with Crippen LogP contribution in [-0.2, 0) is 11.3 Å². The highest BCUT2D eigenvalue weighted by atomic mass is 19.1. The van der Waals surface area contributed by atoms with Crippen LogP contribution in [0, 0.1) is 11.7 Å². The third-order valence-electron chi connectivity index (χ3n) is 7.64. The number of hydrogen-bond acceptors (Lipinski definition) is 7. The molecule has 0 unspecified atom stereocenters. The molecule has 5 heterocycles. The minimum absolute atomic E-state index is 0.0539. The van der Waals surface area contributed by atoms with Crippen LogP contribution in [-0.4, -0.2) is 31.6 Å². The summed E-state index contributed by atoms with van der Waals surface area (Å²) in [5.41, 5.74) is 9.93. The van der Waals surface area contributed by atoms with Crippen molar-refractivity contribution in [3.8, 4) is 11.1 Å². The SMILES string of the molecule is O=C(Nc1cncc(-c2cnc3c(c2)C(c2nc4c([nH]2)C(c2cccc(F)c2)=CC=CN4)=NNC3)c1)C1CCCC1. The summed E-state index contributed by atoms with van der Waals surface area (Å²) in [5.74, 6) is 0.968. The molecule has 3 aromatic heterocycles. The number of benzene rings is 1. The summed E-state index contributed by atoms with van der Waals surface area (Å²) < 4.78 is 14.1. The van der Waals surface area contributed by atoms with E-state index < -0.39 is 0 Å². The molecule has 2 aliphatic heterocycles. The molecule has 1 amide bonds. The molecule has 10 heteroatoms. The minimum Gasteiger partial charge on any atom is -0.345 e. The summed E-state index contributed by atoms with van der Waals surface area (Å²) in [4.78, 5) is 30.0. The number of nitrogens with one attached hydrogen (secondary N) is 4. The van der Waals surface area contributed by atoms with Gasteiger partial charge in [0, 0.05) is 46.8 Å². The van der Waals surface area contributed by atoms with E-state index in [0.29, 0.717) is 29.6 Å². The van der Waals surface area contributed by atoms with Gasteiger partial charge in [-0.25, -0.2) is 9.37 Å². The Morgan fingerprint density at radius 1 is 1.02 bits per heavy atom. The third kappa shape index (κ3) is 4.88. The van der Waals surface area contributed by atoms with Gasteiger partial charge in [-0.1, -0.05) is 31.1 Å². The number of hydrazone groups is 1. The standard InChI is InChI=1S/C31H27FN8O/c32-22-8-3-7-19(11-22)24-9-4-10-34-29-27(24)38-30(39-29)28-25-13-21(15-35-26(25)17-36-40-28)20-12-23(16-33-14-20)37-31(41)18-5-1-2-6-18/h3-4,7-16,18,34,36H,1-2,5-6,17H2,(H,37,41)(H,38,39). The van der Waals surface area contributed by atoms with E-state index in [0.717, 1.165) is 64.9 Å². The second-order valence-corrected chi connectivity index (χ2v) is 10.3. The summed E-state index contributed by atoms with van der Waals surface area (Å²) >= 11 is 0. The molecule has 0 saturated heterocycles. The van der Waals surface area contributed by atoms with E-state index in [4.69, 9.17) is 9.97 Å². The lowest BCUT2D eigenvalue weighted by Gasteiger charge is -2.17. The van der Waals surface area contributed by atoms with E-state index >= 15 is 0 Å². The fourth-order valence-corrected chi connectivity index (χ4v) is 5.57. The number of pyridine rings is 2. The van der Waals surface area contributed by atoms with Gasteiger partial charge in [0.15, 0.2) is 11.6 Å². The number of nitrogens with zero attached hydrogens (tertiary/aromatic N) is 4. The fourth-order valence-electron chi connectivity index (χ4n) is 5.57. The summed E-state index contributed by atoms with van der Waals surface area (Å²) in [7, 11) is 0. The zero-order chi connectivity index (χ0) is 27.8. The number of allylic oxidation sites excluding steroid dienone is 2. The highest BCUT2D eigenvalue weighted by Crippen LogP contribution is 2.32. The number of fused-ring (bicyclic) bond motifs is 2. The van der Waals surface area contributed by atoms with Gasteiger partial charge in [-0.15, -0.1) is 0 Å². The van der Waals surface area contributed by atoms with Crippen LogP contribution in [0.4, 0.5) is 15.9 Å². The van der Waals surface area contributed by atoms with Gasteiger partial charge in [0.1, 0.15) is 11.5 Å². The average Bonchev–Trinajstić information content (AvgIpc) is 3.64. The molecular formula is C31H27FN8O. The molecule has 9 nitrogen and oxygen atoms in total. The number of carbonyl (C=O) groups is 1. The maximum atomic E-state index is 14.1. The Kier molecular flexibility index (Phi) is 6.35. The van der Waals surface area contributed by atoms with Gasteiger partial charge in [-0.3, -0.25) is 14.8 Å².